The van der Waals surface area contributed by atoms with Crippen molar-refractivity contribution in [2.45, 2.75) is 39.8 Å². The van der Waals surface area contributed by atoms with Crippen LogP contribution in [0.5, 0.6) is 0 Å². The molecule has 2 unspecified atom stereocenters. The highest BCUT2D eigenvalue weighted by Gasteiger charge is 2.25. The molecule has 1 N–H and O–H groups in total. The van der Waals surface area contributed by atoms with E-state index in [0.717, 1.165) is 25.2 Å². The fourth-order valence-corrected chi connectivity index (χ4v) is 3.11. The van der Waals surface area contributed by atoms with Crippen LogP contribution in [-0.4, -0.2) is 41.0 Å². The predicted molar refractivity (Wildman–Crippen MR) is 82.3 cm³/mol. The summed E-state index contributed by atoms with van der Waals surface area (Å²) in [6.45, 7) is 8.51. The number of likely N-dealkylation sites (tertiary alicyclic amines) is 1. The van der Waals surface area contributed by atoms with Crippen molar-refractivity contribution in [1.82, 2.24) is 15.2 Å². The molecule has 1 aliphatic rings. The largest absolute Gasteiger partial charge is 0.308 e. The number of nitrogens with one attached hydrogen (secondary N) is 1. The van der Waals surface area contributed by atoms with E-state index in [2.05, 4.69) is 29.2 Å². The van der Waals surface area contributed by atoms with Gasteiger partial charge in [-0.2, -0.15) is 0 Å². The molecule has 6 nitrogen and oxygen atoms in total. The summed E-state index contributed by atoms with van der Waals surface area (Å²) in [5.74, 6) is 0.574. The van der Waals surface area contributed by atoms with Crippen LogP contribution in [0.3, 0.4) is 0 Å². The van der Waals surface area contributed by atoms with Gasteiger partial charge in [0.15, 0.2) is 0 Å². The number of nitrogens with zero attached hydrogens (tertiary/aromatic N) is 3. The second kappa shape index (κ2) is 6.49. The Balaban J connectivity index is 2.07. The van der Waals surface area contributed by atoms with E-state index in [4.69, 9.17) is 0 Å². The van der Waals surface area contributed by atoms with E-state index < -0.39 is 0 Å². The van der Waals surface area contributed by atoms with Crippen molar-refractivity contribution in [3.8, 4) is 0 Å². The molecule has 116 valence electrons. The Morgan fingerprint density at radius 1 is 1.52 bits per heavy atom. The van der Waals surface area contributed by atoms with Crippen molar-refractivity contribution in [3.63, 3.8) is 0 Å². The van der Waals surface area contributed by atoms with Gasteiger partial charge in [-0.3, -0.25) is 15.1 Å². The van der Waals surface area contributed by atoms with Crippen LogP contribution in [-0.2, 0) is 6.54 Å². The summed E-state index contributed by atoms with van der Waals surface area (Å²) < 4.78 is 0. The third-order valence-electron chi connectivity index (χ3n) is 4.40. The molecular formula is C15H24N4O2. The number of aryl methyl sites for hydroxylation is 1. The number of aromatic nitrogens is 1. The standard InChI is InChI=1S/C15H24N4O2/c1-10-7-16-14(12(3)15(10)19(20)21)8-17-13-5-6-18(4)9-11(13)2/h7,11,13,17H,5-6,8-9H2,1-4H3. The molecule has 1 fully saturated rings. The highest BCUT2D eigenvalue weighted by molar-refractivity contribution is 5.47. The van der Waals surface area contributed by atoms with Crippen molar-refractivity contribution in [1.29, 1.82) is 0 Å². The van der Waals surface area contributed by atoms with Gasteiger partial charge in [0.25, 0.3) is 5.69 Å². The molecule has 1 aliphatic heterocycles. The number of piperidine rings is 1. The monoisotopic (exact) mass is 292 g/mol. The molecule has 0 spiro atoms. The Bertz CT molecular complexity index is 533. The van der Waals surface area contributed by atoms with Crippen LogP contribution in [0.2, 0.25) is 0 Å². The van der Waals surface area contributed by atoms with E-state index in [1.54, 1.807) is 20.0 Å². The minimum absolute atomic E-state index is 0.193. The maximum Gasteiger partial charge on any atom is 0.278 e. The molecule has 0 amide bonds. The Hall–Kier alpha value is -1.53. The molecular weight excluding hydrogens is 268 g/mol. The van der Waals surface area contributed by atoms with E-state index in [9.17, 15) is 10.1 Å². The molecule has 1 aromatic rings. The van der Waals surface area contributed by atoms with E-state index in [0.29, 0.717) is 29.6 Å². The number of rotatable bonds is 4. The summed E-state index contributed by atoms with van der Waals surface area (Å²) in [6, 6.07) is 0.447. The molecule has 2 rings (SSSR count). The lowest BCUT2D eigenvalue weighted by Crippen LogP contribution is -2.46. The van der Waals surface area contributed by atoms with Crippen LogP contribution in [0.25, 0.3) is 0 Å². The Labute approximate surface area is 125 Å². The van der Waals surface area contributed by atoms with Gasteiger partial charge in [0.2, 0.25) is 0 Å². The molecule has 1 saturated heterocycles. The van der Waals surface area contributed by atoms with Crippen molar-refractivity contribution in [2.24, 2.45) is 5.92 Å². The van der Waals surface area contributed by atoms with Crippen molar-refractivity contribution >= 4 is 5.69 Å². The van der Waals surface area contributed by atoms with Gasteiger partial charge in [0, 0.05) is 36.5 Å². The fourth-order valence-electron chi connectivity index (χ4n) is 3.11. The number of hydrogen-bond acceptors (Lipinski definition) is 5. The minimum Gasteiger partial charge on any atom is -0.308 e. The first-order valence-corrected chi connectivity index (χ1v) is 7.41. The van der Waals surface area contributed by atoms with Crippen LogP contribution >= 0.6 is 0 Å². The van der Waals surface area contributed by atoms with Crippen LogP contribution < -0.4 is 5.32 Å². The molecule has 6 heteroatoms. The Morgan fingerprint density at radius 2 is 2.24 bits per heavy atom. The van der Waals surface area contributed by atoms with Gasteiger partial charge < -0.3 is 10.2 Å². The molecule has 2 atom stereocenters. The van der Waals surface area contributed by atoms with Gasteiger partial charge in [-0.1, -0.05) is 6.92 Å². The first kappa shape index (κ1) is 15.9. The topological polar surface area (TPSA) is 71.3 Å². The zero-order chi connectivity index (χ0) is 15.6. The van der Waals surface area contributed by atoms with Gasteiger partial charge in [-0.05, 0) is 39.8 Å². The minimum atomic E-state index is -0.311. The fraction of sp³-hybridized carbons (Fsp3) is 0.667. The molecule has 2 heterocycles. The Kier molecular flexibility index (Phi) is 4.90. The predicted octanol–water partition coefficient (Wildman–Crippen LogP) is 2.04. The van der Waals surface area contributed by atoms with Crippen LogP contribution in [0.15, 0.2) is 6.20 Å². The average Bonchev–Trinajstić information content (AvgIpc) is 2.39. The smallest absolute Gasteiger partial charge is 0.278 e. The zero-order valence-electron chi connectivity index (χ0n) is 13.2. The first-order chi connectivity index (χ1) is 9.90. The molecule has 21 heavy (non-hydrogen) atoms. The molecule has 0 aliphatic carbocycles. The van der Waals surface area contributed by atoms with Crippen LogP contribution in [0.1, 0.15) is 30.2 Å². The number of pyridine rings is 1. The summed E-state index contributed by atoms with van der Waals surface area (Å²) in [6.07, 6.45) is 2.70. The van der Waals surface area contributed by atoms with E-state index in [1.165, 1.54) is 0 Å². The van der Waals surface area contributed by atoms with Gasteiger partial charge in [-0.15, -0.1) is 0 Å². The van der Waals surface area contributed by atoms with Gasteiger partial charge in [-0.25, -0.2) is 0 Å². The Morgan fingerprint density at radius 3 is 2.86 bits per heavy atom. The second-order valence-corrected chi connectivity index (χ2v) is 6.13. The van der Waals surface area contributed by atoms with Gasteiger partial charge in [0.1, 0.15) is 0 Å². The lowest BCUT2D eigenvalue weighted by molar-refractivity contribution is -0.386. The first-order valence-electron chi connectivity index (χ1n) is 7.41. The molecule has 1 aromatic heterocycles. The third kappa shape index (κ3) is 3.57. The maximum absolute atomic E-state index is 11.1. The van der Waals surface area contributed by atoms with E-state index >= 15 is 0 Å². The quantitative estimate of drug-likeness (QED) is 0.679. The number of nitro groups is 1. The summed E-state index contributed by atoms with van der Waals surface area (Å²) >= 11 is 0. The lowest BCUT2D eigenvalue weighted by Gasteiger charge is -2.35. The van der Waals surface area contributed by atoms with E-state index in [1.807, 2.05) is 0 Å². The summed E-state index contributed by atoms with van der Waals surface area (Å²) in [5.41, 5.74) is 2.26. The van der Waals surface area contributed by atoms with Gasteiger partial charge >= 0.3 is 0 Å². The summed E-state index contributed by atoms with van der Waals surface area (Å²) in [4.78, 5) is 17.5. The summed E-state index contributed by atoms with van der Waals surface area (Å²) in [7, 11) is 2.14. The molecule has 0 aromatic carbocycles. The van der Waals surface area contributed by atoms with Crippen LogP contribution in [0, 0.1) is 29.9 Å². The zero-order valence-corrected chi connectivity index (χ0v) is 13.2. The van der Waals surface area contributed by atoms with Crippen molar-refractivity contribution < 1.29 is 4.92 Å². The third-order valence-corrected chi connectivity index (χ3v) is 4.40. The average molecular weight is 292 g/mol. The summed E-state index contributed by atoms with van der Waals surface area (Å²) in [5, 5.41) is 14.7. The molecule has 0 radical (unpaired) electrons. The molecule has 0 saturated carbocycles. The lowest BCUT2D eigenvalue weighted by atomic mass is 9.94. The van der Waals surface area contributed by atoms with Gasteiger partial charge in [0.05, 0.1) is 10.6 Å². The SMILES string of the molecule is Cc1cnc(CNC2CCN(C)CC2C)c(C)c1[N+](=O)[O-]. The van der Waals surface area contributed by atoms with Crippen molar-refractivity contribution in [3.05, 3.63) is 33.1 Å². The normalized spacial score (nSPS) is 23.2. The maximum atomic E-state index is 11.1. The highest BCUT2D eigenvalue weighted by Crippen LogP contribution is 2.24. The highest BCUT2D eigenvalue weighted by atomic mass is 16.6. The van der Waals surface area contributed by atoms with E-state index in [-0.39, 0.29) is 10.6 Å². The van der Waals surface area contributed by atoms with Crippen LogP contribution in [0.4, 0.5) is 5.69 Å². The number of hydrogen-bond donors (Lipinski definition) is 1. The molecule has 0 bridgehead atoms. The second-order valence-electron chi connectivity index (χ2n) is 6.13. The van der Waals surface area contributed by atoms with Crippen molar-refractivity contribution in [2.75, 3.05) is 20.1 Å².